The van der Waals surface area contributed by atoms with Crippen molar-refractivity contribution >= 4 is 54.7 Å². The molecule has 1 aromatic heterocycles. The number of hydrogen-bond donors (Lipinski definition) is 0. The van der Waals surface area contributed by atoms with E-state index in [-0.39, 0.29) is 17.4 Å². The molecule has 2 heterocycles. The number of nitrogens with zero attached hydrogens (tertiary/aromatic N) is 2. The van der Waals surface area contributed by atoms with Crippen molar-refractivity contribution < 1.29 is 0 Å². The largest absolute Gasteiger partial charge is 0.333 e. The van der Waals surface area contributed by atoms with Crippen LogP contribution >= 0.6 is 0 Å². The summed E-state index contributed by atoms with van der Waals surface area (Å²) in [6.45, 7) is 0. The molecule has 0 saturated heterocycles. The highest BCUT2D eigenvalue weighted by Crippen LogP contribution is 2.51. The first-order valence-corrected chi connectivity index (χ1v) is 19.1. The van der Waals surface area contributed by atoms with Gasteiger partial charge in [-0.05, 0) is 86.9 Å². The van der Waals surface area contributed by atoms with Gasteiger partial charge in [-0.15, -0.1) is 0 Å². The first-order chi connectivity index (χ1) is 27.2. The van der Waals surface area contributed by atoms with E-state index in [0.717, 1.165) is 65.7 Å². The Balaban J connectivity index is 1.25. The molecule has 0 spiro atoms. The van der Waals surface area contributed by atoms with Crippen LogP contribution in [0.5, 0.6) is 0 Å². The molecule has 3 nitrogen and oxygen atoms in total. The number of hydrogen-bond acceptors (Lipinski definition) is 2. The Labute approximate surface area is 319 Å². The van der Waals surface area contributed by atoms with Gasteiger partial charge in [0.2, 0.25) is 0 Å². The van der Waals surface area contributed by atoms with Crippen molar-refractivity contribution in [1.29, 1.82) is 0 Å². The van der Waals surface area contributed by atoms with Gasteiger partial charge in [-0.2, -0.15) is 0 Å². The van der Waals surface area contributed by atoms with Crippen molar-refractivity contribution in [3.05, 3.63) is 221 Å². The highest BCUT2D eigenvalue weighted by atomic mass is 16.1. The Morgan fingerprint density at radius 3 is 2.02 bits per heavy atom. The summed E-state index contributed by atoms with van der Waals surface area (Å²) in [6, 6.07) is 60.3. The van der Waals surface area contributed by atoms with Crippen molar-refractivity contribution in [3.63, 3.8) is 0 Å². The lowest BCUT2D eigenvalue weighted by molar-refractivity contribution is 0.747. The van der Waals surface area contributed by atoms with Crippen LogP contribution in [0.3, 0.4) is 0 Å². The van der Waals surface area contributed by atoms with E-state index in [1.165, 1.54) is 22.5 Å². The maximum absolute atomic E-state index is 15.5. The van der Waals surface area contributed by atoms with Gasteiger partial charge in [0.1, 0.15) is 0 Å². The minimum absolute atomic E-state index is 0.0869. The Morgan fingerprint density at radius 1 is 0.491 bits per heavy atom. The van der Waals surface area contributed by atoms with Crippen LogP contribution in [-0.4, -0.2) is 10.6 Å². The maximum atomic E-state index is 15.5. The Kier molecular flexibility index (Phi) is 7.21. The number of fused-ring (bicyclic) bond motifs is 11. The van der Waals surface area contributed by atoms with Gasteiger partial charge >= 0.3 is 0 Å². The minimum Gasteiger partial charge on any atom is -0.333 e. The quantitative estimate of drug-likeness (QED) is 0.178. The monoisotopic (exact) mass is 704 g/mol. The maximum Gasteiger partial charge on any atom is 0.190 e. The van der Waals surface area contributed by atoms with Crippen molar-refractivity contribution in [3.8, 4) is 16.8 Å². The molecule has 0 bridgehead atoms. The van der Waals surface area contributed by atoms with Crippen molar-refractivity contribution in [2.45, 2.75) is 18.4 Å². The summed E-state index contributed by atoms with van der Waals surface area (Å²) in [5.41, 5.74) is 11.1. The molecule has 260 valence electrons. The molecule has 8 aromatic carbocycles. The summed E-state index contributed by atoms with van der Waals surface area (Å²) in [5, 5.41) is 6.09. The molecule has 0 fully saturated rings. The summed E-state index contributed by atoms with van der Waals surface area (Å²) in [4.78, 5) is 18.0. The molecule has 2 atom stereocenters. The highest BCUT2D eigenvalue weighted by molar-refractivity contribution is 6.25. The second-order valence-corrected chi connectivity index (χ2v) is 14.8. The molecule has 0 N–H and O–H groups in total. The predicted octanol–water partition coefficient (Wildman–Crippen LogP) is 12.4. The van der Waals surface area contributed by atoms with E-state index in [4.69, 9.17) is 0 Å². The Hall–Kier alpha value is -6.97. The Bertz CT molecular complexity index is 3090. The zero-order chi connectivity index (χ0) is 36.5. The molecule has 3 heteroatoms. The van der Waals surface area contributed by atoms with Gasteiger partial charge in [0.05, 0.1) is 17.1 Å². The van der Waals surface area contributed by atoms with E-state index in [2.05, 4.69) is 198 Å². The molecular weight excluding hydrogens is 669 g/mol. The third-order valence-electron chi connectivity index (χ3n) is 11.7. The van der Waals surface area contributed by atoms with Gasteiger partial charge < -0.3 is 9.47 Å². The zero-order valence-corrected chi connectivity index (χ0v) is 30.1. The van der Waals surface area contributed by atoms with E-state index in [1.54, 1.807) is 0 Å². The Morgan fingerprint density at radius 2 is 1.18 bits per heavy atom. The van der Waals surface area contributed by atoms with Gasteiger partial charge in [-0.25, -0.2) is 0 Å². The van der Waals surface area contributed by atoms with E-state index >= 15 is 4.79 Å². The third kappa shape index (κ3) is 4.93. The fraction of sp³-hybridized carbons (Fsp3) is 0.0577. The lowest BCUT2D eigenvalue weighted by Crippen LogP contribution is -2.28. The van der Waals surface area contributed by atoms with Gasteiger partial charge in [-0.1, -0.05) is 146 Å². The van der Waals surface area contributed by atoms with E-state index < -0.39 is 0 Å². The fourth-order valence-electron chi connectivity index (χ4n) is 9.35. The fourth-order valence-corrected chi connectivity index (χ4v) is 9.35. The van der Waals surface area contributed by atoms with Gasteiger partial charge in [0.25, 0.3) is 0 Å². The molecule has 11 rings (SSSR count). The van der Waals surface area contributed by atoms with Crippen LogP contribution in [0.4, 0.5) is 11.4 Å². The van der Waals surface area contributed by atoms with Crippen LogP contribution in [-0.2, 0) is 6.42 Å². The van der Waals surface area contributed by atoms with Crippen LogP contribution in [0.1, 0.15) is 22.6 Å². The van der Waals surface area contributed by atoms with Crippen molar-refractivity contribution in [1.82, 2.24) is 4.57 Å². The van der Waals surface area contributed by atoms with Crippen LogP contribution < -0.4 is 10.3 Å². The second-order valence-electron chi connectivity index (χ2n) is 14.8. The van der Waals surface area contributed by atoms with E-state index in [1.807, 2.05) is 6.07 Å². The lowest BCUT2D eigenvalue weighted by atomic mass is 9.88. The third-order valence-corrected chi connectivity index (χ3v) is 11.7. The van der Waals surface area contributed by atoms with E-state index in [9.17, 15) is 0 Å². The number of anilines is 2. The topological polar surface area (TPSA) is 25.2 Å². The summed E-state index contributed by atoms with van der Waals surface area (Å²) in [6.07, 6.45) is 9.54. The molecule has 9 aromatic rings. The van der Waals surface area contributed by atoms with Gasteiger partial charge in [0, 0.05) is 51.1 Å². The van der Waals surface area contributed by atoms with Gasteiger partial charge in [-0.3, -0.25) is 4.79 Å². The van der Waals surface area contributed by atoms with Crippen LogP contribution in [0.15, 0.2) is 199 Å². The zero-order valence-electron chi connectivity index (χ0n) is 30.1. The number of benzene rings is 7. The molecular formula is C52H36N2O. The predicted molar refractivity (Wildman–Crippen MR) is 230 cm³/mol. The molecule has 1 aliphatic carbocycles. The second kappa shape index (κ2) is 12.6. The average molecular weight is 705 g/mol. The molecule has 0 saturated carbocycles. The summed E-state index contributed by atoms with van der Waals surface area (Å²) in [7, 11) is 0. The molecule has 0 radical (unpaired) electrons. The van der Waals surface area contributed by atoms with Crippen molar-refractivity contribution in [2.75, 3.05) is 4.90 Å². The lowest BCUT2D eigenvalue weighted by Gasteiger charge is -2.28. The van der Waals surface area contributed by atoms with E-state index in [0.29, 0.717) is 6.42 Å². The van der Waals surface area contributed by atoms with Crippen LogP contribution in [0.25, 0.3) is 60.2 Å². The average Bonchev–Trinajstić information content (AvgIpc) is 3.74. The summed E-state index contributed by atoms with van der Waals surface area (Å²) >= 11 is 0. The number of para-hydroxylation sites is 2. The normalized spacial score (nSPS) is 16.0. The molecule has 2 unspecified atom stereocenters. The first-order valence-electron chi connectivity index (χ1n) is 19.1. The smallest absolute Gasteiger partial charge is 0.190 e. The standard InChI is InChI=1S/C52H36N2O/c55-52-37(31-34-15-4-1-5-16-34)33-44-40(27-29-47-49(44)42-23-10-12-25-45(42)53(47)38-20-8-3-9-21-38)41-28-30-48-50(51(41)52)43-24-11-13-26-46(43)54(48)39-22-14-19-36(32-39)35-17-6-2-7-18-35/h1-30,32-33,42,45H,31H2. The van der Waals surface area contributed by atoms with Gasteiger partial charge in [0.15, 0.2) is 5.43 Å². The number of allylic oxidation sites excluding steroid dienone is 2. The molecule has 0 amide bonds. The highest BCUT2D eigenvalue weighted by Gasteiger charge is 2.38. The molecule has 55 heavy (non-hydrogen) atoms. The van der Waals surface area contributed by atoms with Crippen molar-refractivity contribution in [2.24, 2.45) is 0 Å². The molecule has 2 aliphatic rings. The minimum atomic E-state index is 0.0869. The number of aromatic nitrogens is 1. The summed E-state index contributed by atoms with van der Waals surface area (Å²) < 4.78 is 2.33. The SMILES string of the molecule is O=c1c(Cc2ccccc2)cc2c3c(ccc2c2ccc4c(c5ccccc5n4-c4cccc(-c5ccccc5)c4)c12)N(c1ccccc1)C1C=CC=CC31. The number of rotatable bonds is 5. The summed E-state index contributed by atoms with van der Waals surface area (Å²) in [5.74, 6) is 0.142. The molecule has 1 aliphatic heterocycles. The van der Waals surface area contributed by atoms with Crippen LogP contribution in [0.2, 0.25) is 0 Å². The van der Waals surface area contributed by atoms with Crippen LogP contribution in [0, 0.1) is 0 Å². The first kappa shape index (κ1) is 31.5.